The summed E-state index contributed by atoms with van der Waals surface area (Å²) in [6.45, 7) is 5.16. The third kappa shape index (κ3) is 2.04. The molecule has 1 N–H and O–H groups in total. The molecule has 1 atom stereocenters. The van der Waals surface area contributed by atoms with Crippen LogP contribution in [0.25, 0.3) is 0 Å². The number of hydrogen-bond acceptors (Lipinski definition) is 4. The maximum absolute atomic E-state index is 4.29. The van der Waals surface area contributed by atoms with Crippen molar-refractivity contribution in [2.45, 2.75) is 13.0 Å². The number of aromatic nitrogens is 2. The largest absolute Gasteiger partial charge is 0.336 e. The average Bonchev–Trinajstić information content (AvgIpc) is 2.20. The third-order valence-corrected chi connectivity index (χ3v) is 2.77. The van der Waals surface area contributed by atoms with Crippen LogP contribution >= 0.6 is 15.9 Å². The minimum absolute atomic E-state index is 0.463. The van der Waals surface area contributed by atoms with Crippen molar-refractivity contribution in [3.8, 4) is 0 Å². The quantitative estimate of drug-likeness (QED) is 0.816. The van der Waals surface area contributed by atoms with Crippen LogP contribution in [-0.4, -0.2) is 35.6 Å². The molecule has 0 saturated carbocycles. The van der Waals surface area contributed by atoms with E-state index in [4.69, 9.17) is 0 Å². The summed E-state index contributed by atoms with van der Waals surface area (Å²) < 4.78 is 0.920. The summed E-state index contributed by atoms with van der Waals surface area (Å²) in [7, 11) is 0. The summed E-state index contributed by atoms with van der Waals surface area (Å²) in [5, 5.41) is 3.34. The number of piperazine rings is 1. The molecule has 0 spiro atoms. The lowest BCUT2D eigenvalue weighted by Gasteiger charge is -2.33. The van der Waals surface area contributed by atoms with Gasteiger partial charge in [0.05, 0.1) is 4.47 Å². The normalized spacial score (nSPS) is 22.4. The first-order chi connectivity index (χ1) is 6.77. The van der Waals surface area contributed by atoms with E-state index in [1.54, 1.807) is 12.4 Å². The minimum Gasteiger partial charge on any atom is -0.336 e. The van der Waals surface area contributed by atoms with Crippen molar-refractivity contribution >= 4 is 21.9 Å². The molecule has 1 aliphatic heterocycles. The average molecular weight is 257 g/mol. The van der Waals surface area contributed by atoms with Gasteiger partial charge in [-0.1, -0.05) is 0 Å². The zero-order valence-electron chi connectivity index (χ0n) is 8.07. The van der Waals surface area contributed by atoms with Gasteiger partial charge in [-0.05, 0) is 22.9 Å². The van der Waals surface area contributed by atoms with Crippen LogP contribution in [0.3, 0.4) is 0 Å². The van der Waals surface area contributed by atoms with Gasteiger partial charge in [0.2, 0.25) is 5.95 Å². The van der Waals surface area contributed by atoms with E-state index in [2.05, 4.69) is 43.0 Å². The van der Waals surface area contributed by atoms with Crippen LogP contribution in [0.1, 0.15) is 6.92 Å². The SMILES string of the molecule is C[C@@H]1CNCCN1c1ncc(Br)cn1. The molecule has 0 unspecified atom stereocenters. The van der Waals surface area contributed by atoms with Crippen LogP contribution in [0.5, 0.6) is 0 Å². The Bertz CT molecular complexity index is 300. The first-order valence-corrected chi connectivity index (χ1v) is 5.51. The lowest BCUT2D eigenvalue weighted by Crippen LogP contribution is -2.50. The standard InChI is InChI=1S/C9H13BrN4/c1-7-4-11-2-3-14(7)9-12-5-8(10)6-13-9/h5-7,11H,2-4H2,1H3/t7-/m1/s1. The Morgan fingerprint density at radius 3 is 2.86 bits per heavy atom. The van der Waals surface area contributed by atoms with Gasteiger partial charge in [0.25, 0.3) is 0 Å². The van der Waals surface area contributed by atoms with Crippen LogP contribution in [0.2, 0.25) is 0 Å². The predicted octanol–water partition coefficient (Wildman–Crippen LogP) is 1.04. The Labute approximate surface area is 91.9 Å². The Balaban J connectivity index is 2.16. The molecule has 14 heavy (non-hydrogen) atoms. The molecule has 1 aliphatic rings. The molecule has 0 amide bonds. The molecule has 2 rings (SSSR count). The van der Waals surface area contributed by atoms with Gasteiger partial charge < -0.3 is 10.2 Å². The zero-order chi connectivity index (χ0) is 9.97. The van der Waals surface area contributed by atoms with E-state index < -0.39 is 0 Å². The van der Waals surface area contributed by atoms with Crippen LogP contribution < -0.4 is 10.2 Å². The molecule has 0 aromatic carbocycles. The molecule has 0 aliphatic carbocycles. The Morgan fingerprint density at radius 1 is 1.50 bits per heavy atom. The van der Waals surface area contributed by atoms with Gasteiger partial charge in [-0.2, -0.15) is 0 Å². The van der Waals surface area contributed by atoms with Crippen LogP contribution in [0.4, 0.5) is 5.95 Å². The molecule has 2 heterocycles. The monoisotopic (exact) mass is 256 g/mol. The molecule has 1 aromatic heterocycles. The summed E-state index contributed by atoms with van der Waals surface area (Å²) in [6, 6.07) is 0.463. The number of hydrogen-bond donors (Lipinski definition) is 1. The Morgan fingerprint density at radius 2 is 2.21 bits per heavy atom. The summed E-state index contributed by atoms with van der Waals surface area (Å²) >= 11 is 3.33. The van der Waals surface area contributed by atoms with Crippen molar-refractivity contribution in [3.05, 3.63) is 16.9 Å². The highest BCUT2D eigenvalue weighted by atomic mass is 79.9. The van der Waals surface area contributed by atoms with E-state index in [0.29, 0.717) is 6.04 Å². The lowest BCUT2D eigenvalue weighted by atomic mass is 10.2. The molecule has 1 saturated heterocycles. The van der Waals surface area contributed by atoms with Crippen molar-refractivity contribution in [3.63, 3.8) is 0 Å². The first-order valence-electron chi connectivity index (χ1n) is 4.72. The van der Waals surface area contributed by atoms with E-state index in [9.17, 15) is 0 Å². The van der Waals surface area contributed by atoms with Crippen LogP contribution in [0.15, 0.2) is 16.9 Å². The molecule has 0 bridgehead atoms. The number of anilines is 1. The fraction of sp³-hybridized carbons (Fsp3) is 0.556. The van der Waals surface area contributed by atoms with Crippen LogP contribution in [-0.2, 0) is 0 Å². The highest BCUT2D eigenvalue weighted by molar-refractivity contribution is 9.10. The third-order valence-electron chi connectivity index (χ3n) is 2.36. The smallest absolute Gasteiger partial charge is 0.225 e. The van der Waals surface area contributed by atoms with Crippen molar-refractivity contribution < 1.29 is 0 Å². The molecular formula is C9H13BrN4. The summed E-state index contributed by atoms with van der Waals surface area (Å²) in [6.07, 6.45) is 3.58. The fourth-order valence-electron chi connectivity index (χ4n) is 1.59. The summed E-state index contributed by atoms with van der Waals surface area (Å²) in [5.74, 6) is 0.821. The van der Waals surface area contributed by atoms with Crippen molar-refractivity contribution in [2.75, 3.05) is 24.5 Å². The Kier molecular flexibility index (Phi) is 2.98. The second-order valence-electron chi connectivity index (χ2n) is 3.45. The zero-order valence-corrected chi connectivity index (χ0v) is 9.66. The van der Waals surface area contributed by atoms with Gasteiger partial charge in [-0.3, -0.25) is 0 Å². The summed E-state index contributed by atoms with van der Waals surface area (Å²) in [5.41, 5.74) is 0. The Hall–Kier alpha value is -0.680. The molecule has 76 valence electrons. The van der Waals surface area contributed by atoms with Gasteiger partial charge in [-0.25, -0.2) is 9.97 Å². The number of nitrogens with zero attached hydrogens (tertiary/aromatic N) is 3. The van der Waals surface area contributed by atoms with Crippen molar-refractivity contribution in [1.29, 1.82) is 0 Å². The van der Waals surface area contributed by atoms with Crippen molar-refractivity contribution in [1.82, 2.24) is 15.3 Å². The van der Waals surface area contributed by atoms with E-state index in [0.717, 1.165) is 30.1 Å². The molecule has 4 nitrogen and oxygen atoms in total. The topological polar surface area (TPSA) is 41.0 Å². The number of halogens is 1. The summed E-state index contributed by atoms with van der Waals surface area (Å²) in [4.78, 5) is 10.8. The highest BCUT2D eigenvalue weighted by Crippen LogP contribution is 2.14. The predicted molar refractivity (Wildman–Crippen MR) is 59.4 cm³/mol. The molecule has 1 fully saturated rings. The minimum atomic E-state index is 0.463. The van der Waals surface area contributed by atoms with Gasteiger partial charge in [0, 0.05) is 38.1 Å². The van der Waals surface area contributed by atoms with Gasteiger partial charge in [0.1, 0.15) is 0 Å². The number of rotatable bonds is 1. The van der Waals surface area contributed by atoms with Gasteiger partial charge >= 0.3 is 0 Å². The maximum Gasteiger partial charge on any atom is 0.225 e. The van der Waals surface area contributed by atoms with E-state index in [-0.39, 0.29) is 0 Å². The van der Waals surface area contributed by atoms with Crippen LogP contribution in [0, 0.1) is 0 Å². The highest BCUT2D eigenvalue weighted by Gasteiger charge is 2.19. The first kappa shape index (κ1) is 9.86. The molecule has 5 heteroatoms. The van der Waals surface area contributed by atoms with E-state index >= 15 is 0 Å². The molecule has 0 radical (unpaired) electrons. The number of nitrogens with one attached hydrogen (secondary N) is 1. The second-order valence-corrected chi connectivity index (χ2v) is 4.36. The molecule has 1 aromatic rings. The fourth-order valence-corrected chi connectivity index (χ4v) is 1.80. The lowest BCUT2D eigenvalue weighted by molar-refractivity contribution is 0.493. The van der Waals surface area contributed by atoms with Crippen molar-refractivity contribution in [2.24, 2.45) is 0 Å². The van der Waals surface area contributed by atoms with Gasteiger partial charge in [0.15, 0.2) is 0 Å². The maximum atomic E-state index is 4.29. The van der Waals surface area contributed by atoms with Gasteiger partial charge in [-0.15, -0.1) is 0 Å². The van der Waals surface area contributed by atoms with E-state index in [1.807, 2.05) is 0 Å². The molecular weight excluding hydrogens is 244 g/mol. The van der Waals surface area contributed by atoms with E-state index in [1.165, 1.54) is 0 Å². The second kappa shape index (κ2) is 4.23.